The average Bonchev–Trinajstić information content (AvgIpc) is 2.76. The van der Waals surface area contributed by atoms with Crippen molar-refractivity contribution in [1.29, 1.82) is 0 Å². The van der Waals surface area contributed by atoms with Crippen molar-refractivity contribution >= 4 is 37.4 Å². The van der Waals surface area contributed by atoms with E-state index in [1.807, 2.05) is 24.3 Å². The van der Waals surface area contributed by atoms with Crippen molar-refractivity contribution < 1.29 is 4.39 Å². The molecule has 4 aromatic rings. The van der Waals surface area contributed by atoms with Crippen molar-refractivity contribution in [2.75, 3.05) is 0 Å². The van der Waals surface area contributed by atoms with E-state index in [0.717, 1.165) is 11.0 Å². The van der Waals surface area contributed by atoms with E-state index in [2.05, 4.69) is 4.98 Å². The molecule has 2 aromatic heterocycles. The Morgan fingerprint density at radius 1 is 1.16 bits per heavy atom. The first-order valence-electron chi connectivity index (χ1n) is 5.73. The van der Waals surface area contributed by atoms with Gasteiger partial charge in [-0.1, -0.05) is 23.5 Å². The van der Waals surface area contributed by atoms with Crippen LogP contribution in [0.25, 0.3) is 26.1 Å². The normalized spacial score (nSPS) is 11.6. The summed E-state index contributed by atoms with van der Waals surface area (Å²) in [4.78, 5) is 17.5. The summed E-state index contributed by atoms with van der Waals surface area (Å²) in [6.07, 6.45) is 0. The van der Waals surface area contributed by atoms with E-state index in [-0.39, 0.29) is 11.4 Å². The zero-order chi connectivity index (χ0) is 13.0. The van der Waals surface area contributed by atoms with E-state index in [4.69, 9.17) is 0 Å². The summed E-state index contributed by atoms with van der Waals surface area (Å²) in [6, 6.07) is 11.7. The number of fused-ring (bicyclic) bond motifs is 4. The second-order valence-electron chi connectivity index (χ2n) is 4.27. The Hall–Kier alpha value is -2.27. The predicted molar refractivity (Wildman–Crippen MR) is 74.3 cm³/mol. The fraction of sp³-hybridized carbons (Fsp3) is 0. The highest BCUT2D eigenvalue weighted by Gasteiger charge is 2.11. The van der Waals surface area contributed by atoms with Crippen LogP contribution < -0.4 is 5.56 Å². The van der Waals surface area contributed by atoms with Gasteiger partial charge in [0.2, 0.25) is 0 Å². The Morgan fingerprint density at radius 2 is 2.00 bits per heavy atom. The van der Waals surface area contributed by atoms with Gasteiger partial charge in [-0.05, 0) is 30.3 Å². The number of halogens is 1. The smallest absolute Gasteiger partial charge is 0.266 e. The molecule has 4 rings (SSSR count). The lowest BCUT2D eigenvalue weighted by atomic mass is 10.2. The first-order valence-corrected chi connectivity index (χ1v) is 6.55. The number of hydrogen-bond donors (Lipinski definition) is 0. The first kappa shape index (κ1) is 10.6. The second kappa shape index (κ2) is 3.61. The largest absolute Gasteiger partial charge is 0.268 e. The molecule has 92 valence electrons. The van der Waals surface area contributed by atoms with Crippen LogP contribution in [0.4, 0.5) is 4.39 Å². The minimum Gasteiger partial charge on any atom is -0.268 e. The molecule has 0 bridgehead atoms. The molecule has 5 heteroatoms. The second-order valence-corrected chi connectivity index (χ2v) is 5.28. The lowest BCUT2D eigenvalue weighted by molar-refractivity contribution is 0.630. The third kappa shape index (κ3) is 1.42. The highest BCUT2D eigenvalue weighted by molar-refractivity contribution is 7.23. The summed E-state index contributed by atoms with van der Waals surface area (Å²) in [5.41, 5.74) is 1.40. The molecule has 0 radical (unpaired) electrons. The molecular formula is C14H7FN2OS. The molecule has 19 heavy (non-hydrogen) atoms. The van der Waals surface area contributed by atoms with E-state index in [1.165, 1.54) is 29.5 Å². The molecule has 0 aliphatic rings. The maximum Gasteiger partial charge on any atom is 0.266 e. The number of benzene rings is 2. The Balaban J connectivity index is 2.34. The Bertz CT molecular complexity index is 1000. The highest BCUT2D eigenvalue weighted by Crippen LogP contribution is 2.23. The van der Waals surface area contributed by atoms with Crippen LogP contribution >= 0.6 is 11.3 Å². The number of nitrogens with zero attached hydrogens (tertiary/aromatic N) is 2. The van der Waals surface area contributed by atoms with Gasteiger partial charge in [-0.2, -0.15) is 0 Å². The van der Waals surface area contributed by atoms with Crippen LogP contribution in [-0.4, -0.2) is 9.38 Å². The predicted octanol–water partition coefficient (Wildman–Crippen LogP) is 3.20. The van der Waals surface area contributed by atoms with Gasteiger partial charge in [0.25, 0.3) is 5.56 Å². The third-order valence-corrected chi connectivity index (χ3v) is 4.12. The summed E-state index contributed by atoms with van der Waals surface area (Å²) in [5, 5.41) is 0.516. The van der Waals surface area contributed by atoms with Crippen LogP contribution in [0.3, 0.4) is 0 Å². The van der Waals surface area contributed by atoms with Crippen LogP contribution in [0.15, 0.2) is 47.3 Å². The fourth-order valence-electron chi connectivity index (χ4n) is 2.24. The Morgan fingerprint density at radius 3 is 2.89 bits per heavy atom. The van der Waals surface area contributed by atoms with E-state index < -0.39 is 0 Å². The molecule has 0 N–H and O–H groups in total. The van der Waals surface area contributed by atoms with Gasteiger partial charge in [-0.3, -0.25) is 4.79 Å². The molecule has 0 saturated carbocycles. The van der Waals surface area contributed by atoms with E-state index in [0.29, 0.717) is 15.0 Å². The van der Waals surface area contributed by atoms with Crippen LogP contribution in [0.1, 0.15) is 0 Å². The summed E-state index contributed by atoms with van der Waals surface area (Å²) in [7, 11) is 0. The monoisotopic (exact) mass is 270 g/mol. The minimum absolute atomic E-state index is 0.155. The summed E-state index contributed by atoms with van der Waals surface area (Å²) >= 11 is 1.32. The fourth-order valence-corrected chi connectivity index (χ4v) is 3.29. The molecule has 0 aliphatic carbocycles. The lowest BCUT2D eigenvalue weighted by Gasteiger charge is -1.98. The lowest BCUT2D eigenvalue weighted by Crippen LogP contribution is -2.11. The average molecular weight is 270 g/mol. The van der Waals surface area contributed by atoms with E-state index >= 15 is 0 Å². The molecular weight excluding hydrogens is 263 g/mol. The first-order chi connectivity index (χ1) is 9.24. The number of hydrogen-bond acceptors (Lipinski definition) is 3. The molecule has 0 amide bonds. The Labute approximate surface area is 110 Å². The number of imidazole rings is 1. The minimum atomic E-state index is -0.344. The van der Waals surface area contributed by atoms with Gasteiger partial charge in [0.15, 0.2) is 4.96 Å². The van der Waals surface area contributed by atoms with Crippen molar-refractivity contribution in [3.05, 3.63) is 58.6 Å². The van der Waals surface area contributed by atoms with Crippen molar-refractivity contribution in [3.63, 3.8) is 0 Å². The Kier molecular flexibility index (Phi) is 2.02. The number of aromatic nitrogens is 2. The molecule has 2 heterocycles. The molecule has 0 spiro atoms. The number of para-hydroxylation sites is 2. The van der Waals surface area contributed by atoms with Gasteiger partial charge < -0.3 is 0 Å². The zero-order valence-corrected chi connectivity index (χ0v) is 10.4. The van der Waals surface area contributed by atoms with Crippen molar-refractivity contribution in [2.45, 2.75) is 0 Å². The van der Waals surface area contributed by atoms with Gasteiger partial charge in [-0.25, -0.2) is 13.8 Å². The van der Waals surface area contributed by atoms with Crippen LogP contribution in [-0.2, 0) is 0 Å². The van der Waals surface area contributed by atoms with Gasteiger partial charge in [0.05, 0.1) is 16.4 Å². The summed E-state index contributed by atoms with van der Waals surface area (Å²) < 4.78 is 15.5. The molecule has 0 fully saturated rings. The highest BCUT2D eigenvalue weighted by atomic mass is 32.1. The maximum atomic E-state index is 13.3. The molecule has 0 aliphatic heterocycles. The van der Waals surface area contributed by atoms with Crippen LogP contribution in [0, 0.1) is 5.82 Å². The van der Waals surface area contributed by atoms with Crippen molar-refractivity contribution in [2.24, 2.45) is 0 Å². The maximum absolute atomic E-state index is 13.3. The van der Waals surface area contributed by atoms with Gasteiger partial charge >= 0.3 is 0 Å². The van der Waals surface area contributed by atoms with E-state index in [1.54, 1.807) is 4.40 Å². The van der Waals surface area contributed by atoms with Gasteiger partial charge in [-0.15, -0.1) is 0 Å². The molecule has 0 unspecified atom stereocenters. The van der Waals surface area contributed by atoms with Crippen molar-refractivity contribution in [3.8, 4) is 0 Å². The zero-order valence-electron chi connectivity index (χ0n) is 9.63. The molecule has 0 atom stereocenters. The summed E-state index contributed by atoms with van der Waals surface area (Å²) in [5.74, 6) is -0.344. The standard InChI is InChI=1S/C14H7FN2OS/c15-8-5-6-9-12(7-8)19-14-16-10-3-1-2-4-11(10)17(14)13(9)18/h1-7H. The molecule has 3 nitrogen and oxygen atoms in total. The van der Waals surface area contributed by atoms with Crippen molar-refractivity contribution in [1.82, 2.24) is 9.38 Å². The van der Waals surface area contributed by atoms with Gasteiger partial charge in [0, 0.05) is 4.70 Å². The quantitative estimate of drug-likeness (QED) is 0.492. The molecule has 2 aromatic carbocycles. The van der Waals surface area contributed by atoms with E-state index in [9.17, 15) is 9.18 Å². The third-order valence-electron chi connectivity index (χ3n) is 3.11. The van der Waals surface area contributed by atoms with Crippen LogP contribution in [0.5, 0.6) is 0 Å². The van der Waals surface area contributed by atoms with Crippen LogP contribution in [0.2, 0.25) is 0 Å². The van der Waals surface area contributed by atoms with Gasteiger partial charge in [0.1, 0.15) is 5.82 Å². The number of rotatable bonds is 0. The molecule has 0 saturated heterocycles. The SMILES string of the molecule is O=c1c2ccc(F)cc2sc2nc3ccccc3n12. The topological polar surface area (TPSA) is 34.4 Å². The summed E-state index contributed by atoms with van der Waals surface area (Å²) in [6.45, 7) is 0.